The summed E-state index contributed by atoms with van der Waals surface area (Å²) in [6.45, 7) is 8.40. The zero-order chi connectivity index (χ0) is 15.9. The Morgan fingerprint density at radius 2 is 1.90 bits per heavy atom. The molecule has 0 spiro atoms. The fraction of sp³-hybridized carbons (Fsp3) is 0.588. The number of nitrogens with one attached hydrogen (secondary N) is 1. The molecule has 1 aromatic carbocycles. The number of thioether (sulfide) groups is 1. The highest BCUT2D eigenvalue weighted by Gasteiger charge is 2.25. The number of aryl methyl sites for hydroxylation is 1. The molecule has 0 aliphatic carbocycles. The van der Waals surface area contributed by atoms with E-state index in [0.717, 1.165) is 5.75 Å². The van der Waals surface area contributed by atoms with Gasteiger partial charge >= 0.3 is 0 Å². The van der Waals surface area contributed by atoms with Crippen molar-refractivity contribution in [2.75, 3.05) is 12.4 Å². The summed E-state index contributed by atoms with van der Waals surface area (Å²) in [5.74, 6) is 0.827. The fourth-order valence-electron chi connectivity index (χ4n) is 2.01. The van der Waals surface area contributed by atoms with Crippen molar-refractivity contribution >= 4 is 17.7 Å². The summed E-state index contributed by atoms with van der Waals surface area (Å²) in [4.78, 5) is 13.2. The SMILES string of the molecule is Cc1ccc(SCCC(=O)NC(CCO)C(C)(C)C)cc1. The molecule has 0 radical (unpaired) electrons. The van der Waals surface area contributed by atoms with Crippen molar-refractivity contribution in [3.63, 3.8) is 0 Å². The number of benzene rings is 1. The quantitative estimate of drug-likeness (QED) is 0.759. The third kappa shape index (κ3) is 7.00. The van der Waals surface area contributed by atoms with Crippen LogP contribution in [0.1, 0.15) is 39.2 Å². The van der Waals surface area contributed by atoms with Gasteiger partial charge in [-0.15, -0.1) is 11.8 Å². The van der Waals surface area contributed by atoms with E-state index in [1.807, 2.05) is 0 Å². The van der Waals surface area contributed by atoms with Crippen LogP contribution in [-0.4, -0.2) is 29.4 Å². The molecule has 0 aromatic heterocycles. The molecule has 118 valence electrons. The van der Waals surface area contributed by atoms with Gasteiger partial charge in [-0.25, -0.2) is 0 Å². The number of hydrogen-bond acceptors (Lipinski definition) is 3. The smallest absolute Gasteiger partial charge is 0.221 e. The van der Waals surface area contributed by atoms with Gasteiger partial charge in [0.15, 0.2) is 0 Å². The number of carbonyl (C=O) groups is 1. The number of aliphatic hydroxyl groups excluding tert-OH is 1. The van der Waals surface area contributed by atoms with Crippen LogP contribution < -0.4 is 5.32 Å². The minimum Gasteiger partial charge on any atom is -0.396 e. The van der Waals surface area contributed by atoms with E-state index in [2.05, 4.69) is 57.3 Å². The highest BCUT2D eigenvalue weighted by molar-refractivity contribution is 7.99. The van der Waals surface area contributed by atoms with E-state index in [9.17, 15) is 4.79 Å². The van der Waals surface area contributed by atoms with Crippen molar-refractivity contribution in [1.29, 1.82) is 0 Å². The van der Waals surface area contributed by atoms with Crippen LogP contribution in [0.4, 0.5) is 0 Å². The van der Waals surface area contributed by atoms with Gasteiger partial charge in [-0.1, -0.05) is 38.5 Å². The first-order valence-corrected chi connectivity index (χ1v) is 8.41. The second-order valence-corrected chi connectivity index (χ2v) is 7.58. The van der Waals surface area contributed by atoms with Gasteiger partial charge < -0.3 is 10.4 Å². The van der Waals surface area contributed by atoms with E-state index in [-0.39, 0.29) is 24.0 Å². The average molecular weight is 309 g/mol. The lowest BCUT2D eigenvalue weighted by Gasteiger charge is -2.31. The molecule has 1 amide bonds. The fourth-order valence-corrected chi connectivity index (χ4v) is 2.87. The van der Waals surface area contributed by atoms with Crippen LogP contribution in [0.2, 0.25) is 0 Å². The number of rotatable bonds is 7. The van der Waals surface area contributed by atoms with Crippen molar-refractivity contribution in [3.05, 3.63) is 29.8 Å². The zero-order valence-corrected chi connectivity index (χ0v) is 14.3. The Labute approximate surface area is 132 Å². The van der Waals surface area contributed by atoms with Crippen LogP contribution in [-0.2, 0) is 4.79 Å². The minimum atomic E-state index is -0.0392. The van der Waals surface area contributed by atoms with Gasteiger partial charge in [-0.2, -0.15) is 0 Å². The monoisotopic (exact) mass is 309 g/mol. The summed E-state index contributed by atoms with van der Waals surface area (Å²) < 4.78 is 0. The average Bonchev–Trinajstić information content (AvgIpc) is 2.39. The van der Waals surface area contributed by atoms with E-state index >= 15 is 0 Å². The van der Waals surface area contributed by atoms with Crippen LogP contribution in [0.3, 0.4) is 0 Å². The van der Waals surface area contributed by atoms with Crippen LogP contribution in [0.15, 0.2) is 29.2 Å². The predicted octanol–water partition coefficient (Wildman–Crippen LogP) is 3.39. The summed E-state index contributed by atoms with van der Waals surface area (Å²) >= 11 is 1.70. The summed E-state index contributed by atoms with van der Waals surface area (Å²) in [6, 6.07) is 8.35. The van der Waals surface area contributed by atoms with Crippen molar-refractivity contribution in [1.82, 2.24) is 5.32 Å². The standard InChI is InChI=1S/C17H27NO2S/c1-13-5-7-14(8-6-13)21-12-10-16(20)18-15(9-11-19)17(2,3)4/h5-8,15,19H,9-12H2,1-4H3,(H,18,20). The van der Waals surface area contributed by atoms with Gasteiger partial charge in [0, 0.05) is 29.7 Å². The number of hydrogen-bond donors (Lipinski definition) is 2. The van der Waals surface area contributed by atoms with Gasteiger partial charge in [0.25, 0.3) is 0 Å². The molecule has 2 N–H and O–H groups in total. The second kappa shape index (κ2) is 8.44. The maximum Gasteiger partial charge on any atom is 0.221 e. The molecule has 4 heteroatoms. The Kier molecular flexibility index (Phi) is 7.26. The molecule has 1 unspecified atom stereocenters. The summed E-state index contributed by atoms with van der Waals surface area (Å²) in [6.07, 6.45) is 1.09. The molecule has 1 rings (SSSR count). The normalized spacial score (nSPS) is 13.0. The first-order chi connectivity index (χ1) is 9.82. The Morgan fingerprint density at radius 3 is 2.43 bits per heavy atom. The summed E-state index contributed by atoms with van der Waals surface area (Å²) in [5.41, 5.74) is 1.21. The molecular weight excluding hydrogens is 282 g/mol. The zero-order valence-electron chi connectivity index (χ0n) is 13.5. The molecule has 0 aliphatic rings. The van der Waals surface area contributed by atoms with Gasteiger partial charge in [0.1, 0.15) is 0 Å². The van der Waals surface area contributed by atoms with E-state index in [1.165, 1.54) is 10.5 Å². The van der Waals surface area contributed by atoms with Gasteiger partial charge in [-0.05, 0) is 30.9 Å². The van der Waals surface area contributed by atoms with Crippen molar-refractivity contribution in [2.24, 2.45) is 5.41 Å². The Morgan fingerprint density at radius 1 is 1.29 bits per heavy atom. The van der Waals surface area contributed by atoms with Crippen LogP contribution in [0.25, 0.3) is 0 Å². The Bertz CT molecular complexity index is 437. The Balaban J connectivity index is 2.37. The van der Waals surface area contributed by atoms with E-state index < -0.39 is 0 Å². The second-order valence-electron chi connectivity index (χ2n) is 6.41. The minimum absolute atomic E-state index is 0.0133. The number of amides is 1. The number of aliphatic hydroxyl groups is 1. The molecular formula is C17H27NO2S. The van der Waals surface area contributed by atoms with E-state index in [0.29, 0.717) is 12.8 Å². The first-order valence-electron chi connectivity index (χ1n) is 7.42. The lowest BCUT2D eigenvalue weighted by atomic mass is 9.85. The van der Waals surface area contributed by atoms with Crippen LogP contribution in [0.5, 0.6) is 0 Å². The predicted molar refractivity (Wildman–Crippen MR) is 89.6 cm³/mol. The molecule has 0 saturated carbocycles. The summed E-state index contributed by atoms with van der Waals surface area (Å²) in [5, 5.41) is 12.1. The van der Waals surface area contributed by atoms with Crippen molar-refractivity contribution in [2.45, 2.75) is 51.5 Å². The van der Waals surface area contributed by atoms with Gasteiger partial charge in [-0.3, -0.25) is 4.79 Å². The third-order valence-electron chi connectivity index (χ3n) is 3.42. The molecule has 0 bridgehead atoms. The molecule has 21 heavy (non-hydrogen) atoms. The maximum absolute atomic E-state index is 12.0. The van der Waals surface area contributed by atoms with Gasteiger partial charge in [0.2, 0.25) is 5.91 Å². The molecule has 0 saturated heterocycles. The molecule has 1 aromatic rings. The largest absolute Gasteiger partial charge is 0.396 e. The molecule has 3 nitrogen and oxygen atoms in total. The molecule has 1 atom stereocenters. The topological polar surface area (TPSA) is 49.3 Å². The van der Waals surface area contributed by atoms with Crippen LogP contribution in [0, 0.1) is 12.3 Å². The lowest BCUT2D eigenvalue weighted by molar-refractivity contribution is -0.122. The molecule has 0 heterocycles. The van der Waals surface area contributed by atoms with E-state index in [1.54, 1.807) is 11.8 Å². The molecule has 0 aliphatic heterocycles. The maximum atomic E-state index is 12.0. The third-order valence-corrected chi connectivity index (χ3v) is 4.43. The number of carbonyl (C=O) groups excluding carboxylic acids is 1. The lowest BCUT2D eigenvalue weighted by Crippen LogP contribution is -2.44. The first kappa shape index (κ1) is 18.1. The highest BCUT2D eigenvalue weighted by atomic mass is 32.2. The van der Waals surface area contributed by atoms with Crippen molar-refractivity contribution in [3.8, 4) is 0 Å². The van der Waals surface area contributed by atoms with Crippen LogP contribution >= 0.6 is 11.8 Å². The van der Waals surface area contributed by atoms with Crippen molar-refractivity contribution < 1.29 is 9.90 Å². The van der Waals surface area contributed by atoms with Gasteiger partial charge in [0.05, 0.1) is 0 Å². The highest BCUT2D eigenvalue weighted by Crippen LogP contribution is 2.22. The summed E-state index contributed by atoms with van der Waals surface area (Å²) in [7, 11) is 0. The Hall–Kier alpha value is -1.00. The molecule has 0 fully saturated rings. The van der Waals surface area contributed by atoms with E-state index in [4.69, 9.17) is 5.11 Å².